The van der Waals surface area contributed by atoms with E-state index in [2.05, 4.69) is 12.0 Å². The Morgan fingerprint density at radius 2 is 2.24 bits per heavy atom. The van der Waals surface area contributed by atoms with Crippen LogP contribution < -0.4 is 0 Å². The largest absolute Gasteiger partial charge is 0.291 e. The van der Waals surface area contributed by atoms with E-state index in [4.69, 9.17) is 0 Å². The summed E-state index contributed by atoms with van der Waals surface area (Å²) in [5.74, 6) is 2.51. The summed E-state index contributed by atoms with van der Waals surface area (Å²) in [6, 6.07) is 1.85. The molecule has 2 heterocycles. The van der Waals surface area contributed by atoms with E-state index in [1.165, 1.54) is 5.75 Å². The van der Waals surface area contributed by atoms with Gasteiger partial charge in [0.15, 0.2) is 5.78 Å². The number of aryl methyl sites for hydroxylation is 1. The average molecular weight is 270 g/mol. The Kier molecular flexibility index (Phi) is 4.56. The highest BCUT2D eigenvalue weighted by atomic mass is 32.2. The van der Waals surface area contributed by atoms with E-state index in [0.29, 0.717) is 5.25 Å². The lowest BCUT2D eigenvalue weighted by molar-refractivity contribution is 0.0977. The molecule has 5 heteroatoms. The standard InChI is InChI=1S/C12H18N2OS2/c1-3-10-12(17-8-7-16-10)11(15)9-5-6-13-14(9)4-2/h5-6,10,12H,3-4,7-8H2,1-2H3. The maximum atomic E-state index is 12.5. The van der Waals surface area contributed by atoms with Crippen molar-refractivity contribution in [1.29, 1.82) is 0 Å². The van der Waals surface area contributed by atoms with Gasteiger partial charge in [-0.15, -0.1) is 11.8 Å². The molecule has 1 saturated heterocycles. The van der Waals surface area contributed by atoms with Gasteiger partial charge >= 0.3 is 0 Å². The van der Waals surface area contributed by atoms with Crippen molar-refractivity contribution < 1.29 is 4.79 Å². The predicted molar refractivity (Wildman–Crippen MR) is 75.0 cm³/mol. The molecule has 3 nitrogen and oxygen atoms in total. The molecule has 17 heavy (non-hydrogen) atoms. The molecular weight excluding hydrogens is 252 g/mol. The van der Waals surface area contributed by atoms with Crippen LogP contribution in [0.1, 0.15) is 30.8 Å². The van der Waals surface area contributed by atoms with E-state index >= 15 is 0 Å². The van der Waals surface area contributed by atoms with Gasteiger partial charge in [-0.05, 0) is 19.4 Å². The molecule has 2 rings (SSSR count). The van der Waals surface area contributed by atoms with Crippen LogP contribution in [0, 0.1) is 0 Å². The Labute approximate surface area is 111 Å². The summed E-state index contributed by atoms with van der Waals surface area (Å²) in [5, 5.41) is 4.75. The van der Waals surface area contributed by atoms with Crippen molar-refractivity contribution in [3.63, 3.8) is 0 Å². The zero-order valence-electron chi connectivity index (χ0n) is 10.3. The zero-order chi connectivity index (χ0) is 12.3. The molecule has 0 aromatic carbocycles. The first kappa shape index (κ1) is 13.0. The van der Waals surface area contributed by atoms with Crippen molar-refractivity contribution >= 4 is 29.3 Å². The second-order valence-corrected chi connectivity index (χ2v) is 6.60. The van der Waals surface area contributed by atoms with E-state index in [9.17, 15) is 4.79 Å². The van der Waals surface area contributed by atoms with Gasteiger partial charge in [0, 0.05) is 29.5 Å². The molecule has 2 atom stereocenters. The van der Waals surface area contributed by atoms with Gasteiger partial charge in [-0.3, -0.25) is 9.48 Å². The van der Waals surface area contributed by atoms with E-state index < -0.39 is 0 Å². The molecule has 94 valence electrons. The Hall–Kier alpha value is -0.420. The van der Waals surface area contributed by atoms with E-state index in [-0.39, 0.29) is 11.0 Å². The first-order valence-corrected chi connectivity index (χ1v) is 8.16. The number of aromatic nitrogens is 2. The molecule has 1 aliphatic rings. The lowest BCUT2D eigenvalue weighted by atomic mass is 10.1. The van der Waals surface area contributed by atoms with Gasteiger partial charge in [0.1, 0.15) is 5.69 Å². The van der Waals surface area contributed by atoms with Gasteiger partial charge in [-0.2, -0.15) is 16.9 Å². The Morgan fingerprint density at radius 1 is 1.47 bits per heavy atom. The van der Waals surface area contributed by atoms with Crippen LogP contribution in [0.5, 0.6) is 0 Å². The summed E-state index contributed by atoms with van der Waals surface area (Å²) in [5.41, 5.74) is 0.769. The minimum Gasteiger partial charge on any atom is -0.291 e. The molecule has 0 spiro atoms. The van der Waals surface area contributed by atoms with Crippen LogP contribution in [-0.2, 0) is 6.54 Å². The quantitative estimate of drug-likeness (QED) is 0.788. The van der Waals surface area contributed by atoms with Crippen molar-refractivity contribution in [3.8, 4) is 0 Å². The SMILES string of the molecule is CCC1SCCSC1C(=O)c1ccnn1CC. The van der Waals surface area contributed by atoms with Gasteiger partial charge in [-0.1, -0.05) is 6.92 Å². The smallest absolute Gasteiger partial charge is 0.194 e. The van der Waals surface area contributed by atoms with Gasteiger partial charge in [0.2, 0.25) is 0 Å². The maximum absolute atomic E-state index is 12.5. The van der Waals surface area contributed by atoms with Crippen molar-refractivity contribution in [2.24, 2.45) is 0 Å². The molecule has 0 radical (unpaired) electrons. The lowest BCUT2D eigenvalue weighted by Crippen LogP contribution is -2.34. The number of carbonyl (C=O) groups is 1. The topological polar surface area (TPSA) is 34.9 Å². The first-order valence-electron chi connectivity index (χ1n) is 6.07. The van der Waals surface area contributed by atoms with Crippen LogP contribution in [0.4, 0.5) is 0 Å². The van der Waals surface area contributed by atoms with Crippen molar-refractivity contribution in [2.45, 2.75) is 37.3 Å². The highest BCUT2D eigenvalue weighted by Gasteiger charge is 2.32. The monoisotopic (exact) mass is 270 g/mol. The van der Waals surface area contributed by atoms with Gasteiger partial charge < -0.3 is 0 Å². The Bertz CT molecular complexity index is 392. The summed E-state index contributed by atoms with van der Waals surface area (Å²) in [4.78, 5) is 12.5. The fourth-order valence-electron chi connectivity index (χ4n) is 2.09. The molecule has 1 aromatic rings. The van der Waals surface area contributed by atoms with E-state index in [1.54, 1.807) is 10.9 Å². The molecule has 0 saturated carbocycles. The molecular formula is C12H18N2OS2. The summed E-state index contributed by atoms with van der Waals surface area (Å²) >= 11 is 3.75. The van der Waals surface area contributed by atoms with Crippen molar-refractivity contribution in [2.75, 3.05) is 11.5 Å². The van der Waals surface area contributed by atoms with Gasteiger partial charge in [0.05, 0.1) is 5.25 Å². The van der Waals surface area contributed by atoms with Crippen LogP contribution in [0.2, 0.25) is 0 Å². The van der Waals surface area contributed by atoms with E-state index in [0.717, 1.165) is 24.4 Å². The van der Waals surface area contributed by atoms with Gasteiger partial charge in [0.25, 0.3) is 0 Å². The Morgan fingerprint density at radius 3 is 2.94 bits per heavy atom. The number of nitrogens with zero attached hydrogens (tertiary/aromatic N) is 2. The number of ketones is 1. The summed E-state index contributed by atoms with van der Waals surface area (Å²) in [7, 11) is 0. The van der Waals surface area contributed by atoms with Crippen molar-refractivity contribution in [3.05, 3.63) is 18.0 Å². The van der Waals surface area contributed by atoms with Crippen LogP contribution >= 0.6 is 23.5 Å². The molecule has 1 fully saturated rings. The van der Waals surface area contributed by atoms with E-state index in [1.807, 2.05) is 36.5 Å². The fourth-order valence-corrected chi connectivity index (χ4v) is 5.10. The summed E-state index contributed by atoms with van der Waals surface area (Å²) in [6.07, 6.45) is 2.78. The number of hydrogen-bond acceptors (Lipinski definition) is 4. The molecule has 1 aliphatic heterocycles. The molecule has 0 bridgehead atoms. The number of Topliss-reactive ketones (excluding diaryl/α,β-unsaturated/α-hetero) is 1. The minimum atomic E-state index is 0.112. The van der Waals surface area contributed by atoms with Gasteiger partial charge in [-0.25, -0.2) is 0 Å². The summed E-state index contributed by atoms with van der Waals surface area (Å²) < 4.78 is 1.80. The third kappa shape index (κ3) is 2.71. The third-order valence-corrected chi connectivity index (χ3v) is 6.23. The molecule has 1 aromatic heterocycles. The summed E-state index contributed by atoms with van der Waals surface area (Å²) in [6.45, 7) is 4.94. The second kappa shape index (κ2) is 5.96. The highest BCUT2D eigenvalue weighted by molar-refractivity contribution is 8.07. The fraction of sp³-hybridized carbons (Fsp3) is 0.667. The third-order valence-electron chi connectivity index (χ3n) is 2.98. The zero-order valence-corrected chi connectivity index (χ0v) is 11.9. The maximum Gasteiger partial charge on any atom is 0.194 e. The molecule has 2 unspecified atom stereocenters. The molecule has 0 amide bonds. The highest BCUT2D eigenvalue weighted by Crippen LogP contribution is 2.35. The normalized spacial score (nSPS) is 24.8. The second-order valence-electron chi connectivity index (χ2n) is 4.01. The lowest BCUT2D eigenvalue weighted by Gasteiger charge is -2.28. The minimum absolute atomic E-state index is 0.112. The first-order chi connectivity index (χ1) is 8.27. The Balaban J connectivity index is 2.18. The number of thioether (sulfide) groups is 2. The van der Waals surface area contributed by atoms with Crippen LogP contribution in [-0.4, -0.2) is 37.6 Å². The number of hydrogen-bond donors (Lipinski definition) is 0. The van der Waals surface area contributed by atoms with Crippen LogP contribution in [0.25, 0.3) is 0 Å². The predicted octanol–water partition coefficient (Wildman–Crippen LogP) is 2.71. The number of carbonyl (C=O) groups excluding carboxylic acids is 1. The molecule has 0 aliphatic carbocycles. The number of rotatable bonds is 4. The molecule has 0 N–H and O–H groups in total. The van der Waals surface area contributed by atoms with Crippen LogP contribution in [0.3, 0.4) is 0 Å². The van der Waals surface area contributed by atoms with Crippen molar-refractivity contribution in [1.82, 2.24) is 9.78 Å². The average Bonchev–Trinajstić information content (AvgIpc) is 2.86. The van der Waals surface area contributed by atoms with Crippen LogP contribution in [0.15, 0.2) is 12.3 Å².